The van der Waals surface area contributed by atoms with Crippen LogP contribution in [0.15, 0.2) is 54.6 Å². The highest BCUT2D eigenvalue weighted by Gasteiger charge is 2.11. The van der Waals surface area contributed by atoms with Crippen LogP contribution in [-0.4, -0.2) is 23.0 Å². The Hall–Kier alpha value is -3.48. The zero-order valence-corrected chi connectivity index (χ0v) is 14.3. The Morgan fingerprint density at radius 2 is 1.81 bits per heavy atom. The quantitative estimate of drug-likeness (QED) is 0.728. The molecule has 3 aromatic rings. The number of benzene rings is 2. The van der Waals surface area contributed by atoms with Crippen LogP contribution < -0.4 is 15.4 Å². The van der Waals surface area contributed by atoms with Crippen LogP contribution in [0.1, 0.15) is 16.2 Å². The molecule has 1 heterocycles. The highest BCUT2D eigenvalue weighted by Crippen LogP contribution is 2.20. The summed E-state index contributed by atoms with van der Waals surface area (Å²) in [6, 6.07) is 14.4. The molecule has 2 N–H and O–H groups in total. The zero-order valence-electron chi connectivity index (χ0n) is 14.3. The molecule has 0 aliphatic heterocycles. The molecule has 1 amide bonds. The standard InChI is InChI=1S/C19H17FN4O2/c1-12-10-17(18(25)22-14-8-6-13(20)7-9-14)24-19(21-12)23-15-4-3-5-16(11-15)26-2/h3-11H,1-2H3,(H,22,25)(H,21,23,24). The maximum atomic E-state index is 13.0. The van der Waals surface area contributed by atoms with Gasteiger partial charge in [0.2, 0.25) is 5.95 Å². The van der Waals surface area contributed by atoms with Crippen LogP contribution >= 0.6 is 0 Å². The fourth-order valence-corrected chi connectivity index (χ4v) is 2.30. The predicted molar refractivity (Wildman–Crippen MR) is 97.4 cm³/mol. The lowest BCUT2D eigenvalue weighted by molar-refractivity contribution is 0.102. The molecule has 6 nitrogen and oxygen atoms in total. The largest absolute Gasteiger partial charge is 0.497 e. The molecule has 2 aromatic carbocycles. The maximum absolute atomic E-state index is 13.0. The molecule has 0 aliphatic carbocycles. The summed E-state index contributed by atoms with van der Waals surface area (Å²) in [6.07, 6.45) is 0. The SMILES string of the molecule is COc1cccc(Nc2nc(C)cc(C(=O)Nc3ccc(F)cc3)n2)c1. The van der Waals surface area contributed by atoms with E-state index in [-0.39, 0.29) is 11.5 Å². The van der Waals surface area contributed by atoms with E-state index < -0.39 is 5.91 Å². The molecule has 1 aromatic heterocycles. The minimum Gasteiger partial charge on any atom is -0.497 e. The first-order valence-electron chi connectivity index (χ1n) is 7.87. The number of amides is 1. The summed E-state index contributed by atoms with van der Waals surface area (Å²) in [5, 5.41) is 5.73. The molecule has 0 unspecified atom stereocenters. The van der Waals surface area contributed by atoms with Gasteiger partial charge in [-0.2, -0.15) is 0 Å². The lowest BCUT2D eigenvalue weighted by Crippen LogP contribution is -2.15. The molecule has 0 radical (unpaired) electrons. The third-order valence-corrected chi connectivity index (χ3v) is 3.51. The normalized spacial score (nSPS) is 10.3. The topological polar surface area (TPSA) is 76.1 Å². The first-order chi connectivity index (χ1) is 12.5. The minimum absolute atomic E-state index is 0.201. The van der Waals surface area contributed by atoms with Gasteiger partial charge in [0.25, 0.3) is 5.91 Å². The van der Waals surface area contributed by atoms with E-state index in [9.17, 15) is 9.18 Å². The van der Waals surface area contributed by atoms with Gasteiger partial charge in [0, 0.05) is 23.1 Å². The molecule has 0 spiro atoms. The van der Waals surface area contributed by atoms with Crippen LogP contribution in [0, 0.1) is 12.7 Å². The van der Waals surface area contributed by atoms with Gasteiger partial charge in [-0.3, -0.25) is 4.79 Å². The fourth-order valence-electron chi connectivity index (χ4n) is 2.30. The molecule has 0 fully saturated rings. The van der Waals surface area contributed by atoms with Crippen molar-refractivity contribution in [3.63, 3.8) is 0 Å². The third kappa shape index (κ3) is 4.32. The van der Waals surface area contributed by atoms with Crippen molar-refractivity contribution in [2.45, 2.75) is 6.92 Å². The Bertz CT molecular complexity index is 929. The lowest BCUT2D eigenvalue weighted by Gasteiger charge is -2.10. The number of halogens is 1. The van der Waals surface area contributed by atoms with E-state index in [4.69, 9.17) is 4.74 Å². The van der Waals surface area contributed by atoms with E-state index in [2.05, 4.69) is 20.6 Å². The van der Waals surface area contributed by atoms with Gasteiger partial charge in [-0.05, 0) is 49.4 Å². The van der Waals surface area contributed by atoms with E-state index in [1.54, 1.807) is 26.2 Å². The molecule has 0 atom stereocenters. The number of anilines is 3. The number of methoxy groups -OCH3 is 1. The van der Waals surface area contributed by atoms with Crippen molar-refractivity contribution < 1.29 is 13.9 Å². The Kier molecular flexibility index (Phi) is 5.07. The van der Waals surface area contributed by atoms with E-state index in [0.29, 0.717) is 23.1 Å². The predicted octanol–water partition coefficient (Wildman–Crippen LogP) is 3.93. The van der Waals surface area contributed by atoms with Gasteiger partial charge in [-0.15, -0.1) is 0 Å². The summed E-state index contributed by atoms with van der Waals surface area (Å²) in [6.45, 7) is 1.77. The second-order valence-corrected chi connectivity index (χ2v) is 5.54. The molecule has 132 valence electrons. The van der Waals surface area contributed by atoms with Gasteiger partial charge in [-0.1, -0.05) is 6.07 Å². The second-order valence-electron chi connectivity index (χ2n) is 5.54. The van der Waals surface area contributed by atoms with Gasteiger partial charge in [0.1, 0.15) is 17.3 Å². The van der Waals surface area contributed by atoms with Crippen LogP contribution in [0.3, 0.4) is 0 Å². The molecule has 0 aliphatic rings. The smallest absolute Gasteiger partial charge is 0.274 e. The van der Waals surface area contributed by atoms with Crippen molar-refractivity contribution in [3.05, 3.63) is 71.8 Å². The van der Waals surface area contributed by atoms with Crippen molar-refractivity contribution in [1.29, 1.82) is 0 Å². The summed E-state index contributed by atoms with van der Waals surface area (Å²) in [5.41, 5.74) is 2.05. The number of aromatic nitrogens is 2. The van der Waals surface area contributed by atoms with Gasteiger partial charge < -0.3 is 15.4 Å². The van der Waals surface area contributed by atoms with E-state index in [0.717, 1.165) is 5.69 Å². The molecular formula is C19H17FN4O2. The van der Waals surface area contributed by atoms with Gasteiger partial charge in [-0.25, -0.2) is 14.4 Å². The van der Waals surface area contributed by atoms with Crippen LogP contribution in [0.2, 0.25) is 0 Å². The average Bonchev–Trinajstić information content (AvgIpc) is 2.63. The third-order valence-electron chi connectivity index (χ3n) is 3.51. The summed E-state index contributed by atoms with van der Waals surface area (Å²) < 4.78 is 18.1. The van der Waals surface area contributed by atoms with Crippen molar-refractivity contribution in [2.24, 2.45) is 0 Å². The van der Waals surface area contributed by atoms with Gasteiger partial charge in [0.05, 0.1) is 7.11 Å². The van der Waals surface area contributed by atoms with E-state index in [1.807, 2.05) is 18.2 Å². The summed E-state index contributed by atoms with van der Waals surface area (Å²) in [4.78, 5) is 21.0. The number of hydrogen-bond acceptors (Lipinski definition) is 5. The van der Waals surface area contributed by atoms with Crippen molar-refractivity contribution in [3.8, 4) is 5.75 Å². The number of aryl methyl sites for hydroxylation is 1. The summed E-state index contributed by atoms with van der Waals surface area (Å²) in [7, 11) is 1.58. The Labute approximate surface area is 150 Å². The molecule has 0 saturated carbocycles. The number of carbonyl (C=O) groups excluding carboxylic acids is 1. The van der Waals surface area contributed by atoms with Crippen molar-refractivity contribution in [1.82, 2.24) is 9.97 Å². The average molecular weight is 352 g/mol. The van der Waals surface area contributed by atoms with Gasteiger partial charge in [0.15, 0.2) is 0 Å². The molecule has 26 heavy (non-hydrogen) atoms. The number of nitrogens with one attached hydrogen (secondary N) is 2. The first kappa shape index (κ1) is 17.3. The second kappa shape index (κ2) is 7.60. The number of nitrogens with zero attached hydrogens (tertiary/aromatic N) is 2. The van der Waals surface area contributed by atoms with Gasteiger partial charge >= 0.3 is 0 Å². The van der Waals surface area contributed by atoms with E-state index >= 15 is 0 Å². The number of hydrogen-bond donors (Lipinski definition) is 2. The van der Waals surface area contributed by atoms with Crippen molar-refractivity contribution in [2.75, 3.05) is 17.7 Å². The lowest BCUT2D eigenvalue weighted by atomic mass is 10.2. The molecule has 3 rings (SSSR count). The Morgan fingerprint density at radius 1 is 1.04 bits per heavy atom. The number of carbonyl (C=O) groups is 1. The molecule has 0 bridgehead atoms. The highest BCUT2D eigenvalue weighted by atomic mass is 19.1. The Morgan fingerprint density at radius 3 is 2.54 bits per heavy atom. The maximum Gasteiger partial charge on any atom is 0.274 e. The van der Waals surface area contributed by atoms with E-state index in [1.165, 1.54) is 24.3 Å². The van der Waals surface area contributed by atoms with Crippen LogP contribution in [-0.2, 0) is 0 Å². The molecule has 7 heteroatoms. The fraction of sp³-hybridized carbons (Fsp3) is 0.105. The van der Waals surface area contributed by atoms with Crippen LogP contribution in [0.5, 0.6) is 5.75 Å². The zero-order chi connectivity index (χ0) is 18.5. The van der Waals surface area contributed by atoms with Crippen LogP contribution in [0.25, 0.3) is 0 Å². The molecular weight excluding hydrogens is 335 g/mol. The number of ether oxygens (including phenoxy) is 1. The molecule has 0 saturated heterocycles. The number of rotatable bonds is 5. The first-order valence-corrected chi connectivity index (χ1v) is 7.87. The monoisotopic (exact) mass is 352 g/mol. The van der Waals surface area contributed by atoms with Crippen LogP contribution in [0.4, 0.5) is 21.7 Å². The highest BCUT2D eigenvalue weighted by molar-refractivity contribution is 6.03. The summed E-state index contributed by atoms with van der Waals surface area (Å²) >= 11 is 0. The Balaban J connectivity index is 1.80. The van der Waals surface area contributed by atoms with Crippen molar-refractivity contribution >= 4 is 23.2 Å². The summed E-state index contributed by atoms with van der Waals surface area (Å²) in [5.74, 6) is 0.209. The minimum atomic E-state index is -0.407.